The minimum Gasteiger partial charge on any atom is -0.496 e. The number of nitro groups is 1. The molecule has 1 rings (SSSR count). The summed E-state index contributed by atoms with van der Waals surface area (Å²) in [5.74, 6) is 0.432. The van der Waals surface area contributed by atoms with Gasteiger partial charge >= 0.3 is 6.03 Å². The van der Waals surface area contributed by atoms with Gasteiger partial charge in [0.1, 0.15) is 5.75 Å². The van der Waals surface area contributed by atoms with Gasteiger partial charge in [-0.1, -0.05) is 0 Å². The van der Waals surface area contributed by atoms with Crippen LogP contribution in [0.1, 0.15) is 5.56 Å². The second-order valence-corrected chi connectivity index (χ2v) is 3.76. The van der Waals surface area contributed by atoms with Crippen LogP contribution in [0.3, 0.4) is 0 Å². The molecule has 0 atom stereocenters. The van der Waals surface area contributed by atoms with Crippen LogP contribution in [-0.4, -0.2) is 31.2 Å². The molecule has 19 heavy (non-hydrogen) atoms. The summed E-state index contributed by atoms with van der Waals surface area (Å²) >= 11 is 0. The summed E-state index contributed by atoms with van der Waals surface area (Å²) < 4.78 is 5.00. The highest BCUT2D eigenvalue weighted by atomic mass is 16.6. The standard InChI is InChI=1S/C11H16N4O4/c1-19-10-5-8(4-9(6-10)15(17)18)7-13-2-3-14-11(12)16/h4-6,13H,2-3,7H2,1H3,(H3,12,14,16). The molecule has 8 heteroatoms. The fourth-order valence-corrected chi connectivity index (χ4v) is 1.48. The lowest BCUT2D eigenvalue weighted by molar-refractivity contribution is -0.385. The van der Waals surface area contributed by atoms with Crippen LogP contribution >= 0.6 is 0 Å². The Balaban J connectivity index is 2.55. The molecule has 1 aromatic rings. The molecular weight excluding hydrogens is 252 g/mol. The Labute approximate surface area is 110 Å². The number of hydrogen-bond donors (Lipinski definition) is 3. The summed E-state index contributed by atoms with van der Waals surface area (Å²) in [6, 6.07) is 3.95. The lowest BCUT2D eigenvalue weighted by atomic mass is 10.2. The van der Waals surface area contributed by atoms with E-state index in [1.54, 1.807) is 6.07 Å². The van der Waals surface area contributed by atoms with Gasteiger partial charge in [0.15, 0.2) is 0 Å². The van der Waals surface area contributed by atoms with Gasteiger partial charge in [0, 0.05) is 25.7 Å². The zero-order valence-electron chi connectivity index (χ0n) is 10.5. The number of primary amides is 1. The van der Waals surface area contributed by atoms with Gasteiger partial charge in [-0.2, -0.15) is 0 Å². The van der Waals surface area contributed by atoms with E-state index in [0.717, 1.165) is 5.56 Å². The molecule has 2 amide bonds. The smallest absolute Gasteiger partial charge is 0.312 e. The molecular formula is C11H16N4O4. The van der Waals surface area contributed by atoms with Gasteiger partial charge < -0.3 is 21.1 Å². The highest BCUT2D eigenvalue weighted by Gasteiger charge is 2.09. The van der Waals surface area contributed by atoms with Crippen molar-refractivity contribution in [2.24, 2.45) is 5.73 Å². The number of rotatable bonds is 7. The molecule has 0 heterocycles. The molecule has 0 spiro atoms. The summed E-state index contributed by atoms with van der Waals surface area (Å²) in [4.78, 5) is 20.7. The van der Waals surface area contributed by atoms with E-state index in [9.17, 15) is 14.9 Å². The second-order valence-electron chi connectivity index (χ2n) is 3.76. The predicted octanol–water partition coefficient (Wildman–Crippen LogP) is 0.361. The van der Waals surface area contributed by atoms with Crippen LogP contribution in [0.2, 0.25) is 0 Å². The van der Waals surface area contributed by atoms with E-state index in [2.05, 4.69) is 10.6 Å². The molecule has 0 bridgehead atoms. The SMILES string of the molecule is COc1cc(CNCCNC(N)=O)cc([N+](=O)[O-])c1. The highest BCUT2D eigenvalue weighted by molar-refractivity contribution is 5.71. The minimum absolute atomic E-state index is 0.0218. The number of nitrogens with two attached hydrogens (primary N) is 1. The molecule has 0 aliphatic heterocycles. The van der Waals surface area contributed by atoms with E-state index in [1.807, 2.05) is 0 Å². The van der Waals surface area contributed by atoms with Crippen molar-refractivity contribution in [1.29, 1.82) is 0 Å². The monoisotopic (exact) mass is 268 g/mol. The molecule has 104 valence electrons. The van der Waals surface area contributed by atoms with E-state index >= 15 is 0 Å². The largest absolute Gasteiger partial charge is 0.496 e. The first-order valence-corrected chi connectivity index (χ1v) is 5.59. The van der Waals surface area contributed by atoms with Crippen LogP contribution in [-0.2, 0) is 6.54 Å². The van der Waals surface area contributed by atoms with Gasteiger partial charge in [0.25, 0.3) is 5.69 Å². The number of nitro benzene ring substituents is 1. The third-order valence-corrected chi connectivity index (χ3v) is 2.33. The van der Waals surface area contributed by atoms with E-state index in [4.69, 9.17) is 10.5 Å². The molecule has 0 aliphatic rings. The fraction of sp³-hybridized carbons (Fsp3) is 0.364. The van der Waals surface area contributed by atoms with Gasteiger partial charge in [-0.15, -0.1) is 0 Å². The Kier molecular flexibility index (Phi) is 5.55. The first-order valence-electron chi connectivity index (χ1n) is 5.59. The number of nitrogens with one attached hydrogen (secondary N) is 2. The maximum atomic E-state index is 10.7. The maximum Gasteiger partial charge on any atom is 0.312 e. The quantitative estimate of drug-likeness (QED) is 0.374. The van der Waals surface area contributed by atoms with Crippen molar-refractivity contribution in [2.45, 2.75) is 6.54 Å². The first kappa shape index (κ1) is 14.7. The van der Waals surface area contributed by atoms with Gasteiger partial charge in [0.05, 0.1) is 18.1 Å². The van der Waals surface area contributed by atoms with E-state index < -0.39 is 11.0 Å². The normalized spacial score (nSPS) is 9.95. The van der Waals surface area contributed by atoms with Gasteiger partial charge in [-0.3, -0.25) is 10.1 Å². The molecule has 0 unspecified atom stereocenters. The molecule has 0 fully saturated rings. The molecule has 8 nitrogen and oxygen atoms in total. The third-order valence-electron chi connectivity index (χ3n) is 2.33. The van der Waals surface area contributed by atoms with Crippen LogP contribution < -0.4 is 21.1 Å². The molecule has 4 N–H and O–H groups in total. The molecule has 0 radical (unpaired) electrons. The Hall–Kier alpha value is -2.35. The summed E-state index contributed by atoms with van der Waals surface area (Å²) in [5, 5.41) is 16.2. The Morgan fingerprint density at radius 2 is 2.16 bits per heavy atom. The summed E-state index contributed by atoms with van der Waals surface area (Å²) in [6.45, 7) is 1.33. The maximum absolute atomic E-state index is 10.7. The Bertz CT molecular complexity index is 464. The van der Waals surface area contributed by atoms with Crippen LogP contribution in [0, 0.1) is 10.1 Å². The summed E-state index contributed by atoms with van der Waals surface area (Å²) in [7, 11) is 1.45. The first-order chi connectivity index (χ1) is 9.02. The topological polar surface area (TPSA) is 120 Å². The molecule has 0 saturated carbocycles. The lowest BCUT2D eigenvalue weighted by Crippen LogP contribution is -2.35. The van der Waals surface area contributed by atoms with Crippen LogP contribution in [0.4, 0.5) is 10.5 Å². The van der Waals surface area contributed by atoms with Crippen LogP contribution in [0.25, 0.3) is 0 Å². The Morgan fingerprint density at radius 3 is 2.74 bits per heavy atom. The number of amides is 2. The van der Waals surface area contributed by atoms with E-state index in [0.29, 0.717) is 25.4 Å². The summed E-state index contributed by atoms with van der Waals surface area (Å²) in [5.41, 5.74) is 5.61. The number of carbonyl (C=O) groups is 1. The average Bonchev–Trinajstić information content (AvgIpc) is 2.37. The average molecular weight is 268 g/mol. The van der Waals surface area contributed by atoms with Crippen molar-refractivity contribution in [1.82, 2.24) is 10.6 Å². The summed E-state index contributed by atoms with van der Waals surface area (Å²) in [6.07, 6.45) is 0. The van der Waals surface area contributed by atoms with Crippen molar-refractivity contribution >= 4 is 11.7 Å². The number of hydrogen-bond acceptors (Lipinski definition) is 5. The number of nitrogens with zero attached hydrogens (tertiary/aromatic N) is 1. The van der Waals surface area contributed by atoms with Crippen molar-refractivity contribution in [2.75, 3.05) is 20.2 Å². The number of methoxy groups -OCH3 is 1. The van der Waals surface area contributed by atoms with Gasteiger partial charge in [-0.25, -0.2) is 4.79 Å². The minimum atomic E-state index is -0.584. The van der Waals surface area contributed by atoms with Crippen molar-refractivity contribution < 1.29 is 14.5 Å². The predicted molar refractivity (Wildman–Crippen MR) is 68.9 cm³/mol. The lowest BCUT2D eigenvalue weighted by Gasteiger charge is -2.07. The van der Waals surface area contributed by atoms with Crippen molar-refractivity contribution in [3.8, 4) is 5.75 Å². The number of urea groups is 1. The van der Waals surface area contributed by atoms with E-state index in [-0.39, 0.29) is 5.69 Å². The van der Waals surface area contributed by atoms with Crippen LogP contribution in [0.15, 0.2) is 18.2 Å². The van der Waals surface area contributed by atoms with Crippen LogP contribution in [0.5, 0.6) is 5.75 Å². The molecule has 1 aromatic carbocycles. The fourth-order valence-electron chi connectivity index (χ4n) is 1.48. The molecule has 0 aromatic heterocycles. The van der Waals surface area contributed by atoms with E-state index in [1.165, 1.54) is 19.2 Å². The van der Waals surface area contributed by atoms with Crippen molar-refractivity contribution in [3.63, 3.8) is 0 Å². The van der Waals surface area contributed by atoms with Crippen molar-refractivity contribution in [3.05, 3.63) is 33.9 Å². The zero-order chi connectivity index (χ0) is 14.3. The number of ether oxygens (including phenoxy) is 1. The van der Waals surface area contributed by atoms with Gasteiger partial charge in [-0.05, 0) is 11.6 Å². The second kappa shape index (κ2) is 7.17. The zero-order valence-corrected chi connectivity index (χ0v) is 10.5. The third kappa shape index (κ3) is 5.21. The molecule has 0 saturated heterocycles. The highest BCUT2D eigenvalue weighted by Crippen LogP contribution is 2.22. The van der Waals surface area contributed by atoms with Gasteiger partial charge in [0.2, 0.25) is 0 Å². The number of benzene rings is 1. The molecule has 0 aliphatic carbocycles. The Morgan fingerprint density at radius 1 is 1.42 bits per heavy atom. The number of non-ortho nitro benzene ring substituents is 1. The number of carbonyl (C=O) groups excluding carboxylic acids is 1.